The monoisotopic (exact) mass is 386 g/mol. The molecule has 1 aliphatic rings. The number of carbonyl (C=O) groups is 2. The number of rotatable bonds is 3. The van der Waals surface area contributed by atoms with Crippen LogP contribution in [0.15, 0.2) is 53.8 Å². The Morgan fingerprint density at radius 1 is 1.15 bits per heavy atom. The lowest BCUT2D eigenvalue weighted by atomic mass is 9.97. The molecule has 0 fully saturated rings. The number of hydrogen-bond acceptors (Lipinski definition) is 5. The molecule has 27 heavy (non-hydrogen) atoms. The van der Waals surface area contributed by atoms with Crippen LogP contribution in [0, 0.1) is 11.6 Å². The number of benzene rings is 2. The van der Waals surface area contributed by atoms with Crippen LogP contribution in [0.1, 0.15) is 18.5 Å². The van der Waals surface area contributed by atoms with E-state index in [1.165, 1.54) is 54.3 Å². The maximum Gasteiger partial charge on any atom is 0.296 e. The number of amides is 1. The van der Waals surface area contributed by atoms with Gasteiger partial charge in [-0.2, -0.15) is 0 Å². The van der Waals surface area contributed by atoms with Crippen molar-refractivity contribution in [1.82, 2.24) is 4.98 Å². The van der Waals surface area contributed by atoms with E-state index in [9.17, 15) is 23.5 Å². The summed E-state index contributed by atoms with van der Waals surface area (Å²) in [5.41, 5.74) is 0.847. The fourth-order valence-electron chi connectivity index (χ4n) is 3.11. The van der Waals surface area contributed by atoms with E-state index in [2.05, 4.69) is 4.98 Å². The summed E-state index contributed by atoms with van der Waals surface area (Å²) in [4.78, 5) is 30.3. The number of carbonyl (C=O) groups excluding carboxylic acids is 2. The molecule has 1 atom stereocenters. The van der Waals surface area contributed by atoms with Gasteiger partial charge in [-0.3, -0.25) is 14.5 Å². The number of nitrogens with zero attached hydrogens (tertiary/aromatic N) is 2. The van der Waals surface area contributed by atoms with E-state index < -0.39 is 35.1 Å². The van der Waals surface area contributed by atoms with Crippen molar-refractivity contribution in [3.8, 4) is 0 Å². The van der Waals surface area contributed by atoms with Crippen molar-refractivity contribution in [3.63, 3.8) is 0 Å². The molecule has 0 saturated heterocycles. The fourth-order valence-corrected chi connectivity index (χ4v) is 4.13. The number of anilines is 1. The third-order valence-electron chi connectivity index (χ3n) is 4.32. The zero-order chi connectivity index (χ0) is 19.3. The largest absolute Gasteiger partial charge is 0.503 e. The van der Waals surface area contributed by atoms with Gasteiger partial charge in [0.1, 0.15) is 11.6 Å². The molecule has 1 amide bonds. The predicted molar refractivity (Wildman–Crippen MR) is 96.5 cm³/mol. The summed E-state index contributed by atoms with van der Waals surface area (Å²) < 4.78 is 27.3. The van der Waals surface area contributed by atoms with Gasteiger partial charge in [-0.15, -0.1) is 0 Å². The third-order valence-corrected chi connectivity index (χ3v) is 5.34. The molecule has 8 heteroatoms. The third kappa shape index (κ3) is 2.78. The maximum absolute atomic E-state index is 13.5. The zero-order valence-electron chi connectivity index (χ0n) is 13.9. The Labute approximate surface area is 156 Å². The van der Waals surface area contributed by atoms with Crippen LogP contribution in [0.5, 0.6) is 0 Å². The number of hydrogen-bond donors (Lipinski definition) is 1. The Kier molecular flexibility index (Phi) is 4.00. The zero-order valence-corrected chi connectivity index (χ0v) is 14.8. The molecule has 0 radical (unpaired) electrons. The van der Waals surface area contributed by atoms with Crippen molar-refractivity contribution >= 4 is 38.4 Å². The van der Waals surface area contributed by atoms with E-state index in [1.54, 1.807) is 0 Å². The minimum atomic E-state index is -0.944. The van der Waals surface area contributed by atoms with Crippen LogP contribution in [0.3, 0.4) is 0 Å². The van der Waals surface area contributed by atoms with Crippen LogP contribution in [-0.4, -0.2) is 21.8 Å². The highest BCUT2D eigenvalue weighted by Crippen LogP contribution is 2.43. The Bertz CT molecular complexity index is 1120. The topological polar surface area (TPSA) is 70.5 Å². The summed E-state index contributed by atoms with van der Waals surface area (Å²) in [5.74, 6) is -2.84. The number of Topliss-reactive ketones (excluding diaryl/α,β-unsaturated/α-hetero) is 1. The van der Waals surface area contributed by atoms with Crippen LogP contribution in [0.25, 0.3) is 10.2 Å². The van der Waals surface area contributed by atoms with E-state index in [0.29, 0.717) is 15.8 Å². The van der Waals surface area contributed by atoms with Gasteiger partial charge in [0.25, 0.3) is 5.91 Å². The van der Waals surface area contributed by atoms with Gasteiger partial charge in [0.05, 0.1) is 21.8 Å². The Morgan fingerprint density at radius 3 is 2.48 bits per heavy atom. The van der Waals surface area contributed by atoms with Gasteiger partial charge in [-0.05, 0) is 42.8 Å². The predicted octanol–water partition coefficient (Wildman–Crippen LogP) is 4.06. The second-order valence-corrected chi connectivity index (χ2v) is 7.07. The molecule has 2 heterocycles. The number of ketones is 1. The van der Waals surface area contributed by atoms with Gasteiger partial charge >= 0.3 is 0 Å². The molecule has 1 unspecified atom stereocenters. The van der Waals surface area contributed by atoms with Crippen LogP contribution >= 0.6 is 11.3 Å². The van der Waals surface area contributed by atoms with E-state index in [-0.39, 0.29) is 10.7 Å². The molecule has 1 aliphatic heterocycles. The molecule has 1 N–H and O–H groups in total. The Hall–Kier alpha value is -3.13. The molecule has 0 spiro atoms. The van der Waals surface area contributed by atoms with Crippen LogP contribution in [0.2, 0.25) is 0 Å². The standard InChI is InChI=1S/C19H12F2N2O3S/c1-9(24)15-16(10-2-4-11(20)5-3-10)23(18(26)17(15)25)19-22-13-7-6-12(21)8-14(13)27-19/h2-8,16,25H,1H3. The summed E-state index contributed by atoms with van der Waals surface area (Å²) in [6.45, 7) is 1.24. The van der Waals surface area contributed by atoms with E-state index in [1.807, 2.05) is 0 Å². The van der Waals surface area contributed by atoms with Crippen LogP contribution < -0.4 is 4.90 Å². The van der Waals surface area contributed by atoms with Crippen molar-refractivity contribution in [2.24, 2.45) is 0 Å². The maximum atomic E-state index is 13.5. The first-order valence-electron chi connectivity index (χ1n) is 7.96. The molecular formula is C19H12F2N2O3S. The van der Waals surface area contributed by atoms with Gasteiger partial charge in [-0.1, -0.05) is 23.5 Å². The number of thiazole rings is 1. The van der Waals surface area contributed by atoms with Crippen LogP contribution in [0.4, 0.5) is 13.9 Å². The lowest BCUT2D eigenvalue weighted by Gasteiger charge is -2.24. The van der Waals surface area contributed by atoms with Crippen molar-refractivity contribution in [1.29, 1.82) is 0 Å². The van der Waals surface area contributed by atoms with E-state index >= 15 is 0 Å². The van der Waals surface area contributed by atoms with Crippen LogP contribution in [-0.2, 0) is 9.59 Å². The van der Waals surface area contributed by atoms with Gasteiger partial charge in [0.15, 0.2) is 16.7 Å². The Morgan fingerprint density at radius 2 is 1.81 bits per heavy atom. The van der Waals surface area contributed by atoms with Gasteiger partial charge in [0, 0.05) is 0 Å². The first-order chi connectivity index (χ1) is 12.9. The highest BCUT2D eigenvalue weighted by Gasteiger charge is 2.44. The van der Waals surface area contributed by atoms with Gasteiger partial charge in [-0.25, -0.2) is 13.8 Å². The normalized spacial score (nSPS) is 17.2. The Balaban J connectivity index is 1.89. The van der Waals surface area contributed by atoms with Crippen molar-refractivity contribution in [2.45, 2.75) is 13.0 Å². The van der Waals surface area contributed by atoms with E-state index in [4.69, 9.17) is 0 Å². The fraction of sp³-hybridized carbons (Fsp3) is 0.105. The average molecular weight is 386 g/mol. The minimum Gasteiger partial charge on any atom is -0.503 e. The number of aliphatic hydroxyl groups excluding tert-OH is 1. The molecule has 136 valence electrons. The van der Waals surface area contributed by atoms with E-state index in [0.717, 1.165) is 11.3 Å². The second kappa shape index (κ2) is 6.24. The molecule has 0 saturated carbocycles. The first-order valence-corrected chi connectivity index (χ1v) is 8.77. The highest BCUT2D eigenvalue weighted by atomic mass is 32.1. The SMILES string of the molecule is CC(=O)C1=C(O)C(=O)N(c2nc3ccc(F)cc3s2)C1c1ccc(F)cc1. The van der Waals surface area contributed by atoms with Gasteiger partial charge < -0.3 is 5.11 Å². The quantitative estimate of drug-likeness (QED) is 0.737. The summed E-state index contributed by atoms with van der Waals surface area (Å²) in [6.07, 6.45) is 0. The molecule has 0 bridgehead atoms. The lowest BCUT2D eigenvalue weighted by molar-refractivity contribution is -0.117. The van der Waals surface area contributed by atoms with Gasteiger partial charge in [0.2, 0.25) is 0 Å². The molecular weight excluding hydrogens is 374 g/mol. The van der Waals surface area contributed by atoms with Crippen molar-refractivity contribution < 1.29 is 23.5 Å². The number of aliphatic hydroxyl groups is 1. The molecule has 5 nitrogen and oxygen atoms in total. The molecule has 0 aliphatic carbocycles. The summed E-state index contributed by atoms with van der Waals surface area (Å²) in [6, 6.07) is 8.38. The second-order valence-electron chi connectivity index (χ2n) is 6.06. The first kappa shape index (κ1) is 17.3. The lowest BCUT2D eigenvalue weighted by Crippen LogP contribution is -2.30. The summed E-state index contributed by atoms with van der Waals surface area (Å²) >= 11 is 1.06. The number of halogens is 2. The molecule has 2 aromatic carbocycles. The smallest absolute Gasteiger partial charge is 0.296 e. The molecule has 4 rings (SSSR count). The van der Waals surface area contributed by atoms with Crippen molar-refractivity contribution in [2.75, 3.05) is 4.90 Å². The number of fused-ring (bicyclic) bond motifs is 1. The summed E-state index contributed by atoms with van der Waals surface area (Å²) in [5, 5.41) is 10.5. The highest BCUT2D eigenvalue weighted by molar-refractivity contribution is 7.22. The van der Waals surface area contributed by atoms with Crippen molar-refractivity contribution in [3.05, 3.63) is 71.0 Å². The number of aromatic nitrogens is 1. The summed E-state index contributed by atoms with van der Waals surface area (Å²) in [7, 11) is 0. The average Bonchev–Trinajstić information content (AvgIpc) is 3.14. The minimum absolute atomic E-state index is 0.0861. The molecule has 1 aromatic heterocycles. The molecule has 3 aromatic rings.